The van der Waals surface area contributed by atoms with Crippen LogP contribution in [0.5, 0.6) is 0 Å². The number of carbonyl (C=O) groups is 2. The number of aryl methyl sites for hydroxylation is 2. The number of fused-ring (bicyclic) bond motifs is 5. The summed E-state index contributed by atoms with van der Waals surface area (Å²) in [6, 6.07) is 15.6. The average Bonchev–Trinajstić information content (AvgIpc) is 3.91. The molecule has 1 aromatic carbocycles. The first-order chi connectivity index (χ1) is 23.2. The van der Waals surface area contributed by atoms with Gasteiger partial charge >= 0.3 is 0 Å². The van der Waals surface area contributed by atoms with Gasteiger partial charge in [-0.25, -0.2) is 9.88 Å². The molecule has 5 aromatic rings. The summed E-state index contributed by atoms with van der Waals surface area (Å²) in [5.41, 5.74) is 1.97. The van der Waals surface area contributed by atoms with Crippen molar-refractivity contribution in [3.05, 3.63) is 57.3 Å². The molecule has 2 aliphatic heterocycles. The Morgan fingerprint density at radius 3 is 2.02 bits per heavy atom. The zero-order valence-electron chi connectivity index (χ0n) is 29.0. The van der Waals surface area contributed by atoms with Crippen molar-refractivity contribution in [1.29, 1.82) is 0 Å². The molecule has 4 nitrogen and oxygen atoms in total. The zero-order valence-corrected chi connectivity index (χ0v) is 33.3. The Balaban J connectivity index is 1.35. The van der Waals surface area contributed by atoms with Crippen LogP contribution in [0.1, 0.15) is 110 Å². The molecule has 0 spiro atoms. The SMILES string of the molecule is CCCCC(CC)C[Si]1(CC(CC)CCCC)c2cc(C)sc2-c2sc(-c3sc(C)c4c3C(=O)N(c3nc5ccccc5s3)C4=O)cc21. The van der Waals surface area contributed by atoms with E-state index in [-0.39, 0.29) is 11.8 Å². The lowest BCUT2D eigenvalue weighted by molar-refractivity contribution is 0.0926. The van der Waals surface area contributed by atoms with Gasteiger partial charge < -0.3 is 0 Å². The quantitative estimate of drug-likeness (QED) is 0.0844. The number of anilines is 1. The monoisotopic (exact) mass is 730 g/mol. The molecule has 0 saturated carbocycles. The minimum Gasteiger partial charge on any atom is -0.268 e. The molecular formula is C39H46N2O2S4Si. The average molecular weight is 731 g/mol. The second-order valence-corrected chi connectivity index (χ2v) is 22.5. The van der Waals surface area contributed by atoms with Crippen LogP contribution in [-0.4, -0.2) is 24.9 Å². The first kappa shape index (κ1) is 34.0. The number of thiazole rings is 1. The molecule has 2 atom stereocenters. The molecule has 0 saturated heterocycles. The maximum absolute atomic E-state index is 14.3. The molecule has 0 aliphatic carbocycles. The number of amides is 2. The number of unbranched alkanes of at least 4 members (excludes halogenated alkanes) is 2. The van der Waals surface area contributed by atoms with Gasteiger partial charge in [0.05, 0.1) is 26.2 Å². The summed E-state index contributed by atoms with van der Waals surface area (Å²) in [6.45, 7) is 13.7. The van der Waals surface area contributed by atoms with Crippen molar-refractivity contribution in [2.24, 2.45) is 11.8 Å². The Morgan fingerprint density at radius 2 is 1.38 bits per heavy atom. The topological polar surface area (TPSA) is 50.3 Å². The van der Waals surface area contributed by atoms with Crippen LogP contribution in [0.3, 0.4) is 0 Å². The number of imide groups is 1. The van der Waals surface area contributed by atoms with Gasteiger partial charge in [-0.3, -0.25) is 9.59 Å². The lowest BCUT2D eigenvalue weighted by atomic mass is 10.0. The number of hydrogen-bond donors (Lipinski definition) is 0. The Hall–Kier alpha value is -2.43. The van der Waals surface area contributed by atoms with Gasteiger partial charge in [-0.05, 0) is 72.4 Å². The lowest BCUT2D eigenvalue weighted by Crippen LogP contribution is -2.56. The van der Waals surface area contributed by atoms with Crippen LogP contribution in [0.4, 0.5) is 5.13 Å². The molecule has 48 heavy (non-hydrogen) atoms. The van der Waals surface area contributed by atoms with Crippen molar-refractivity contribution in [2.45, 2.75) is 105 Å². The highest BCUT2D eigenvalue weighted by atomic mass is 32.1. The molecule has 252 valence electrons. The van der Waals surface area contributed by atoms with Crippen LogP contribution >= 0.6 is 45.3 Å². The molecule has 7 rings (SSSR count). The largest absolute Gasteiger partial charge is 0.269 e. The summed E-state index contributed by atoms with van der Waals surface area (Å²) >= 11 is 6.90. The van der Waals surface area contributed by atoms with Crippen LogP contribution in [0.2, 0.25) is 12.1 Å². The Morgan fingerprint density at radius 1 is 0.750 bits per heavy atom. The van der Waals surface area contributed by atoms with Crippen LogP contribution in [-0.2, 0) is 0 Å². The predicted molar refractivity (Wildman–Crippen MR) is 212 cm³/mol. The number of carbonyl (C=O) groups excluding carboxylic acids is 2. The minimum absolute atomic E-state index is 0.227. The van der Waals surface area contributed by atoms with Crippen LogP contribution in [0.25, 0.3) is 29.7 Å². The maximum Gasteiger partial charge on any atom is 0.269 e. The van der Waals surface area contributed by atoms with Crippen LogP contribution < -0.4 is 15.3 Å². The fourth-order valence-corrected chi connectivity index (χ4v) is 20.8. The normalized spacial score (nSPS) is 18.2. The van der Waals surface area contributed by atoms with E-state index in [4.69, 9.17) is 4.98 Å². The summed E-state index contributed by atoms with van der Waals surface area (Å²) in [7, 11) is -2.11. The van der Waals surface area contributed by atoms with Crippen molar-refractivity contribution >= 4 is 91.0 Å². The van der Waals surface area contributed by atoms with Gasteiger partial charge in [0.25, 0.3) is 11.8 Å². The molecule has 2 amide bonds. The van der Waals surface area contributed by atoms with E-state index in [9.17, 15) is 9.59 Å². The van der Waals surface area contributed by atoms with Crippen molar-refractivity contribution in [3.63, 3.8) is 0 Å². The highest BCUT2D eigenvalue weighted by Gasteiger charge is 2.50. The number of hydrogen-bond acceptors (Lipinski definition) is 7. The molecule has 0 fully saturated rings. The third-order valence-electron chi connectivity index (χ3n) is 10.8. The van der Waals surface area contributed by atoms with Gasteiger partial charge in [0, 0.05) is 24.4 Å². The fraction of sp³-hybridized carbons (Fsp3) is 0.462. The lowest BCUT2D eigenvalue weighted by Gasteiger charge is -2.35. The van der Waals surface area contributed by atoms with E-state index in [1.165, 1.54) is 99.2 Å². The van der Waals surface area contributed by atoms with Gasteiger partial charge in [-0.15, -0.1) is 34.0 Å². The molecule has 0 bridgehead atoms. The van der Waals surface area contributed by atoms with E-state index in [2.05, 4.69) is 46.8 Å². The summed E-state index contributed by atoms with van der Waals surface area (Å²) in [5.74, 6) is 1.01. The van der Waals surface area contributed by atoms with E-state index in [0.717, 1.165) is 31.8 Å². The molecule has 4 aromatic heterocycles. The van der Waals surface area contributed by atoms with Gasteiger partial charge in [-0.2, -0.15) is 0 Å². The molecule has 0 N–H and O–H groups in total. The van der Waals surface area contributed by atoms with Gasteiger partial charge in [0.1, 0.15) is 8.07 Å². The number of benzene rings is 1. The highest BCUT2D eigenvalue weighted by molar-refractivity contribution is 7.32. The van der Waals surface area contributed by atoms with E-state index >= 15 is 0 Å². The smallest absolute Gasteiger partial charge is 0.268 e. The fourth-order valence-electron chi connectivity index (χ4n) is 8.23. The van der Waals surface area contributed by atoms with Crippen molar-refractivity contribution in [2.75, 3.05) is 4.90 Å². The minimum atomic E-state index is -2.11. The number of para-hydroxylation sites is 1. The molecule has 2 aliphatic rings. The second kappa shape index (κ2) is 13.7. The summed E-state index contributed by atoms with van der Waals surface area (Å²) in [4.78, 5) is 41.7. The third-order valence-corrected chi connectivity index (χ3v) is 21.2. The second-order valence-electron chi connectivity index (χ2n) is 13.9. The Kier molecular flexibility index (Phi) is 9.72. The first-order valence-corrected chi connectivity index (χ1v) is 23.6. The van der Waals surface area contributed by atoms with Crippen molar-refractivity contribution < 1.29 is 9.59 Å². The van der Waals surface area contributed by atoms with Crippen molar-refractivity contribution in [1.82, 2.24) is 4.98 Å². The number of nitrogens with zero attached hydrogens (tertiary/aromatic N) is 2. The van der Waals surface area contributed by atoms with E-state index in [1.807, 2.05) is 53.9 Å². The summed E-state index contributed by atoms with van der Waals surface area (Å²) in [6.07, 6.45) is 10.2. The number of rotatable bonds is 14. The summed E-state index contributed by atoms with van der Waals surface area (Å²) < 4.78 is 0.978. The Bertz CT molecular complexity index is 1950. The van der Waals surface area contributed by atoms with Gasteiger partial charge in [0.15, 0.2) is 0 Å². The van der Waals surface area contributed by atoms with E-state index in [1.54, 1.807) is 21.7 Å². The first-order valence-electron chi connectivity index (χ1n) is 17.9. The Labute approximate surface area is 302 Å². The molecule has 9 heteroatoms. The maximum atomic E-state index is 14.3. The molecule has 0 radical (unpaired) electrons. The standard InChI is InChI=1S/C39H46N2O2S4Si/c1-7-11-15-25(9-3)21-48(22-26(10-4)16-12-8-2)30-19-23(5)44-35(30)36-31(48)20-29(46-36)34-33-32(24(6)45-34)37(42)41(38(33)43)39-40-27-17-13-14-18-28(27)47-39/h13-14,17-20,25-26H,7-12,15-16,21-22H2,1-6H3. The molecular weight excluding hydrogens is 685 g/mol. The molecule has 6 heterocycles. The number of thiophene rings is 3. The van der Waals surface area contributed by atoms with E-state index in [0.29, 0.717) is 16.3 Å². The zero-order chi connectivity index (χ0) is 33.7. The van der Waals surface area contributed by atoms with Crippen LogP contribution in [0, 0.1) is 25.7 Å². The van der Waals surface area contributed by atoms with Crippen LogP contribution in [0.15, 0.2) is 36.4 Å². The summed E-state index contributed by atoms with van der Waals surface area (Å²) in [5, 5.41) is 3.78. The number of aromatic nitrogens is 1. The van der Waals surface area contributed by atoms with Crippen molar-refractivity contribution in [3.8, 4) is 19.5 Å². The highest BCUT2D eigenvalue weighted by Crippen LogP contribution is 2.50. The van der Waals surface area contributed by atoms with E-state index < -0.39 is 8.07 Å². The van der Waals surface area contributed by atoms with Gasteiger partial charge in [0.2, 0.25) is 5.13 Å². The van der Waals surface area contributed by atoms with Gasteiger partial charge in [-0.1, -0.05) is 103 Å². The molecule has 2 unspecified atom stereocenters. The third kappa shape index (κ3) is 5.62. The predicted octanol–water partition coefficient (Wildman–Crippen LogP) is 11.5.